The van der Waals surface area contributed by atoms with Gasteiger partial charge in [0.15, 0.2) is 0 Å². The summed E-state index contributed by atoms with van der Waals surface area (Å²) in [6.07, 6.45) is 1.15. The largest absolute Gasteiger partial charge is 0.352 e. The van der Waals surface area contributed by atoms with Crippen LogP contribution in [-0.4, -0.2) is 29.8 Å². The monoisotopic (exact) mass is 280 g/mol. The molecule has 4 nitrogen and oxygen atoms in total. The maximum absolute atomic E-state index is 12.7. The van der Waals surface area contributed by atoms with Crippen molar-refractivity contribution >= 4 is 11.8 Å². The Kier molecular flexibility index (Phi) is 6.70. The Bertz CT molecular complexity index is 446. The van der Waals surface area contributed by atoms with Crippen molar-refractivity contribution in [1.29, 1.82) is 0 Å². The van der Waals surface area contributed by atoms with E-state index in [1.807, 2.05) is 6.92 Å². The van der Waals surface area contributed by atoms with E-state index in [0.29, 0.717) is 19.6 Å². The highest BCUT2D eigenvalue weighted by molar-refractivity contribution is 5.78. The first kappa shape index (κ1) is 16.1. The summed E-state index contributed by atoms with van der Waals surface area (Å²) in [4.78, 5) is 24.7. The number of nitrogens with zero attached hydrogens (tertiary/aromatic N) is 1. The molecule has 5 heteroatoms. The van der Waals surface area contributed by atoms with Gasteiger partial charge in [-0.05, 0) is 24.1 Å². The first-order valence-electron chi connectivity index (χ1n) is 6.79. The van der Waals surface area contributed by atoms with E-state index >= 15 is 0 Å². The molecule has 0 aliphatic heterocycles. The molecule has 0 unspecified atom stereocenters. The standard InChI is InChI=1S/C15H21FN2O2/c1-3-9-18(12(2)19)10-8-15(20)17-11-13-4-6-14(16)7-5-13/h4-7H,3,8-11H2,1-2H3,(H,17,20). The normalized spacial score (nSPS) is 10.2. The molecule has 0 aliphatic rings. The van der Waals surface area contributed by atoms with E-state index in [4.69, 9.17) is 0 Å². The lowest BCUT2D eigenvalue weighted by molar-refractivity contribution is -0.129. The van der Waals surface area contributed by atoms with Crippen molar-refractivity contribution < 1.29 is 14.0 Å². The molecule has 1 aromatic carbocycles. The summed E-state index contributed by atoms with van der Waals surface area (Å²) in [6, 6.07) is 5.99. The number of rotatable bonds is 7. The number of amides is 2. The minimum absolute atomic E-state index is 0.0156. The van der Waals surface area contributed by atoms with Crippen molar-refractivity contribution in [1.82, 2.24) is 10.2 Å². The van der Waals surface area contributed by atoms with Gasteiger partial charge in [0.1, 0.15) is 5.82 Å². The predicted octanol–water partition coefficient (Wildman–Crippen LogP) is 2.09. The average molecular weight is 280 g/mol. The molecular formula is C15H21FN2O2. The van der Waals surface area contributed by atoms with Crippen LogP contribution in [0.3, 0.4) is 0 Å². The van der Waals surface area contributed by atoms with Gasteiger partial charge in [-0.1, -0.05) is 19.1 Å². The highest BCUT2D eigenvalue weighted by Gasteiger charge is 2.09. The average Bonchev–Trinajstić information content (AvgIpc) is 2.42. The molecule has 1 rings (SSSR count). The van der Waals surface area contributed by atoms with Crippen molar-refractivity contribution in [3.8, 4) is 0 Å². The number of nitrogens with one attached hydrogen (secondary N) is 1. The second kappa shape index (κ2) is 8.30. The maximum Gasteiger partial charge on any atom is 0.222 e. The van der Waals surface area contributed by atoms with Crippen LogP contribution >= 0.6 is 0 Å². The minimum atomic E-state index is -0.295. The molecule has 0 saturated heterocycles. The van der Waals surface area contributed by atoms with E-state index in [0.717, 1.165) is 12.0 Å². The summed E-state index contributed by atoms with van der Waals surface area (Å²) in [5.74, 6) is -0.424. The van der Waals surface area contributed by atoms with Gasteiger partial charge in [0, 0.05) is 33.0 Å². The molecule has 1 N–H and O–H groups in total. The first-order chi connectivity index (χ1) is 9.52. The topological polar surface area (TPSA) is 49.4 Å². The molecule has 0 aliphatic carbocycles. The van der Waals surface area contributed by atoms with Gasteiger partial charge in [0.2, 0.25) is 11.8 Å². The summed E-state index contributed by atoms with van der Waals surface area (Å²) in [6.45, 7) is 4.96. The Morgan fingerprint density at radius 3 is 2.40 bits per heavy atom. The predicted molar refractivity (Wildman–Crippen MR) is 75.4 cm³/mol. The molecule has 20 heavy (non-hydrogen) atoms. The summed E-state index contributed by atoms with van der Waals surface area (Å²) >= 11 is 0. The molecule has 110 valence electrons. The SMILES string of the molecule is CCCN(CCC(=O)NCc1ccc(F)cc1)C(C)=O. The van der Waals surface area contributed by atoms with E-state index in [2.05, 4.69) is 5.32 Å². The van der Waals surface area contributed by atoms with Gasteiger partial charge in [-0.15, -0.1) is 0 Å². The fourth-order valence-electron chi connectivity index (χ4n) is 1.82. The molecule has 0 saturated carbocycles. The van der Waals surface area contributed by atoms with Gasteiger partial charge in [-0.3, -0.25) is 9.59 Å². The fourth-order valence-corrected chi connectivity index (χ4v) is 1.82. The highest BCUT2D eigenvalue weighted by atomic mass is 19.1. The highest BCUT2D eigenvalue weighted by Crippen LogP contribution is 2.02. The molecule has 0 fully saturated rings. The molecule has 0 heterocycles. The van der Waals surface area contributed by atoms with Gasteiger partial charge in [0.05, 0.1) is 0 Å². The van der Waals surface area contributed by atoms with Crippen LogP contribution in [-0.2, 0) is 16.1 Å². The molecule has 0 bridgehead atoms. The summed E-state index contributed by atoms with van der Waals surface area (Å²) in [7, 11) is 0. The number of carbonyl (C=O) groups is 2. The summed E-state index contributed by atoms with van der Waals surface area (Å²) in [5, 5.41) is 2.76. The Balaban J connectivity index is 2.32. The summed E-state index contributed by atoms with van der Waals surface area (Å²) in [5.41, 5.74) is 0.844. The van der Waals surface area contributed by atoms with Crippen LogP contribution in [0.25, 0.3) is 0 Å². The molecule has 1 aromatic rings. The molecular weight excluding hydrogens is 259 g/mol. The van der Waals surface area contributed by atoms with E-state index in [1.165, 1.54) is 19.1 Å². The Morgan fingerprint density at radius 1 is 1.20 bits per heavy atom. The second-order valence-corrected chi connectivity index (χ2v) is 4.66. The lowest BCUT2D eigenvalue weighted by atomic mass is 10.2. The summed E-state index contributed by atoms with van der Waals surface area (Å²) < 4.78 is 12.7. The van der Waals surface area contributed by atoms with Gasteiger partial charge in [-0.25, -0.2) is 4.39 Å². The van der Waals surface area contributed by atoms with Crippen LogP contribution in [0.4, 0.5) is 4.39 Å². The lowest BCUT2D eigenvalue weighted by Crippen LogP contribution is -2.34. The van der Waals surface area contributed by atoms with E-state index in [1.54, 1.807) is 17.0 Å². The van der Waals surface area contributed by atoms with Crippen molar-refractivity contribution in [2.45, 2.75) is 33.2 Å². The molecule has 0 radical (unpaired) electrons. The molecule has 0 spiro atoms. The van der Waals surface area contributed by atoms with Crippen molar-refractivity contribution in [2.24, 2.45) is 0 Å². The van der Waals surface area contributed by atoms with Crippen LogP contribution < -0.4 is 5.32 Å². The Morgan fingerprint density at radius 2 is 1.85 bits per heavy atom. The van der Waals surface area contributed by atoms with Crippen molar-refractivity contribution in [2.75, 3.05) is 13.1 Å². The second-order valence-electron chi connectivity index (χ2n) is 4.66. The van der Waals surface area contributed by atoms with Crippen LogP contribution in [0.5, 0.6) is 0 Å². The number of hydrogen-bond acceptors (Lipinski definition) is 2. The third-order valence-electron chi connectivity index (χ3n) is 2.95. The van der Waals surface area contributed by atoms with Crippen LogP contribution in [0, 0.1) is 5.82 Å². The number of benzene rings is 1. The van der Waals surface area contributed by atoms with Crippen LogP contribution in [0.1, 0.15) is 32.3 Å². The first-order valence-corrected chi connectivity index (χ1v) is 6.79. The van der Waals surface area contributed by atoms with E-state index in [-0.39, 0.29) is 24.1 Å². The zero-order chi connectivity index (χ0) is 15.0. The van der Waals surface area contributed by atoms with Gasteiger partial charge in [-0.2, -0.15) is 0 Å². The third kappa shape index (κ3) is 5.82. The minimum Gasteiger partial charge on any atom is -0.352 e. The quantitative estimate of drug-likeness (QED) is 0.831. The molecule has 2 amide bonds. The zero-order valence-corrected chi connectivity index (χ0v) is 12.0. The van der Waals surface area contributed by atoms with E-state index in [9.17, 15) is 14.0 Å². The number of halogens is 1. The lowest BCUT2D eigenvalue weighted by Gasteiger charge is -2.19. The van der Waals surface area contributed by atoms with Crippen LogP contribution in [0.2, 0.25) is 0 Å². The van der Waals surface area contributed by atoms with Gasteiger partial charge in [0.25, 0.3) is 0 Å². The molecule has 0 aromatic heterocycles. The number of carbonyl (C=O) groups excluding carboxylic acids is 2. The van der Waals surface area contributed by atoms with Crippen molar-refractivity contribution in [3.63, 3.8) is 0 Å². The Hall–Kier alpha value is -1.91. The van der Waals surface area contributed by atoms with Gasteiger partial charge < -0.3 is 10.2 Å². The smallest absolute Gasteiger partial charge is 0.222 e. The zero-order valence-electron chi connectivity index (χ0n) is 12.0. The molecule has 0 atom stereocenters. The Labute approximate surface area is 119 Å². The van der Waals surface area contributed by atoms with Crippen LogP contribution in [0.15, 0.2) is 24.3 Å². The van der Waals surface area contributed by atoms with E-state index < -0.39 is 0 Å². The fraction of sp³-hybridized carbons (Fsp3) is 0.467. The maximum atomic E-state index is 12.7. The number of hydrogen-bond donors (Lipinski definition) is 1. The van der Waals surface area contributed by atoms with Crippen molar-refractivity contribution in [3.05, 3.63) is 35.6 Å². The van der Waals surface area contributed by atoms with Gasteiger partial charge >= 0.3 is 0 Å². The third-order valence-corrected chi connectivity index (χ3v) is 2.95.